The third kappa shape index (κ3) is 3.94. The molecule has 1 aromatic heterocycles. The molecule has 2 N–H and O–H groups in total. The van der Waals surface area contributed by atoms with Crippen LogP contribution in [-0.4, -0.2) is 22.5 Å². The number of aromatic nitrogens is 2. The van der Waals surface area contributed by atoms with E-state index in [1.54, 1.807) is 0 Å². The molecule has 3 rings (SSSR count). The van der Waals surface area contributed by atoms with E-state index < -0.39 is 23.6 Å². The maximum absolute atomic E-state index is 12.3. The molecular formula is C16H9ClF3N3O3. The highest BCUT2D eigenvalue weighted by molar-refractivity contribution is 6.34. The lowest BCUT2D eigenvalue weighted by atomic mass is 10.1. The molecule has 0 aliphatic heterocycles. The number of halogens is 4. The van der Waals surface area contributed by atoms with Crippen LogP contribution in [0.1, 0.15) is 10.4 Å². The first-order valence-corrected chi connectivity index (χ1v) is 7.46. The number of rotatable bonds is 3. The van der Waals surface area contributed by atoms with Crippen LogP contribution in [0.4, 0.5) is 18.9 Å². The minimum Gasteiger partial charge on any atom is -0.406 e. The Hall–Kier alpha value is -3.07. The average molecular weight is 384 g/mol. The van der Waals surface area contributed by atoms with Crippen molar-refractivity contribution in [2.24, 2.45) is 0 Å². The first-order chi connectivity index (χ1) is 12.2. The lowest BCUT2D eigenvalue weighted by Gasteiger charge is -2.11. The van der Waals surface area contributed by atoms with Crippen LogP contribution in [0.5, 0.6) is 5.75 Å². The molecule has 0 fully saturated rings. The standard InChI is InChI=1S/C16H9ClF3N3O3/c17-13-12-6-8(4-5-11(12)15(25)23-22-13)14(24)21-9-2-1-3-10(7-9)26-16(18,19)20/h1-7H,(H,21,24)(H,23,25). The highest BCUT2D eigenvalue weighted by Crippen LogP contribution is 2.25. The molecule has 134 valence electrons. The fraction of sp³-hybridized carbons (Fsp3) is 0.0625. The van der Waals surface area contributed by atoms with E-state index in [0.717, 1.165) is 12.1 Å². The molecule has 3 aromatic rings. The monoisotopic (exact) mass is 383 g/mol. The number of hydrogen-bond donors (Lipinski definition) is 2. The van der Waals surface area contributed by atoms with Crippen molar-refractivity contribution >= 4 is 34.0 Å². The number of anilines is 1. The molecule has 0 spiro atoms. The number of alkyl halides is 3. The number of amides is 1. The van der Waals surface area contributed by atoms with Gasteiger partial charge < -0.3 is 10.1 Å². The SMILES string of the molecule is O=C(Nc1cccc(OC(F)(F)F)c1)c1ccc2c(=O)[nH]nc(Cl)c2c1. The van der Waals surface area contributed by atoms with Crippen molar-refractivity contribution < 1.29 is 22.7 Å². The van der Waals surface area contributed by atoms with Gasteiger partial charge in [0.1, 0.15) is 5.75 Å². The molecule has 1 amide bonds. The predicted octanol–water partition coefficient (Wildman–Crippen LogP) is 3.73. The van der Waals surface area contributed by atoms with Gasteiger partial charge in [0.2, 0.25) is 0 Å². The van der Waals surface area contributed by atoms with Gasteiger partial charge in [-0.1, -0.05) is 17.7 Å². The number of carbonyl (C=O) groups is 1. The van der Waals surface area contributed by atoms with Crippen molar-refractivity contribution in [1.29, 1.82) is 0 Å². The molecule has 26 heavy (non-hydrogen) atoms. The third-order valence-electron chi connectivity index (χ3n) is 3.33. The second kappa shape index (κ2) is 6.68. The zero-order valence-electron chi connectivity index (χ0n) is 12.7. The Morgan fingerprint density at radius 3 is 2.65 bits per heavy atom. The Balaban J connectivity index is 1.87. The Bertz CT molecular complexity index is 1050. The average Bonchev–Trinajstić information content (AvgIpc) is 2.57. The van der Waals surface area contributed by atoms with Gasteiger partial charge in [0.05, 0.1) is 5.39 Å². The minimum absolute atomic E-state index is 0.00910. The van der Waals surface area contributed by atoms with Crippen molar-refractivity contribution in [2.45, 2.75) is 6.36 Å². The van der Waals surface area contributed by atoms with Crippen LogP contribution in [-0.2, 0) is 0 Å². The summed E-state index contributed by atoms with van der Waals surface area (Å²) in [7, 11) is 0. The topological polar surface area (TPSA) is 84.1 Å². The highest BCUT2D eigenvalue weighted by Gasteiger charge is 2.31. The molecule has 0 saturated carbocycles. The highest BCUT2D eigenvalue weighted by atomic mass is 35.5. The van der Waals surface area contributed by atoms with Gasteiger partial charge in [0.15, 0.2) is 5.15 Å². The molecule has 10 heteroatoms. The first-order valence-electron chi connectivity index (χ1n) is 7.08. The van der Waals surface area contributed by atoms with Crippen LogP contribution < -0.4 is 15.6 Å². The summed E-state index contributed by atoms with van der Waals surface area (Å²) in [6, 6.07) is 9.01. The number of carbonyl (C=O) groups excluding carboxylic acids is 1. The lowest BCUT2D eigenvalue weighted by Crippen LogP contribution is -2.17. The quantitative estimate of drug-likeness (QED) is 0.722. The normalized spacial score (nSPS) is 11.4. The van der Waals surface area contributed by atoms with Gasteiger partial charge in [-0.05, 0) is 30.3 Å². The molecule has 0 bridgehead atoms. The Morgan fingerprint density at radius 2 is 1.92 bits per heavy atom. The largest absolute Gasteiger partial charge is 0.573 e. The summed E-state index contributed by atoms with van der Waals surface area (Å²) in [5.74, 6) is -1.07. The molecule has 6 nitrogen and oxygen atoms in total. The van der Waals surface area contributed by atoms with Crippen LogP contribution in [0.2, 0.25) is 5.15 Å². The molecule has 2 aromatic carbocycles. The number of H-pyrrole nitrogens is 1. The van der Waals surface area contributed by atoms with Gasteiger partial charge in [-0.3, -0.25) is 9.59 Å². The number of ether oxygens (including phenoxy) is 1. The number of nitrogens with one attached hydrogen (secondary N) is 2. The van der Waals surface area contributed by atoms with Crippen molar-refractivity contribution in [3.05, 3.63) is 63.5 Å². The molecule has 0 aliphatic carbocycles. The zero-order valence-corrected chi connectivity index (χ0v) is 13.5. The van der Waals surface area contributed by atoms with Crippen LogP contribution in [0.15, 0.2) is 47.3 Å². The van der Waals surface area contributed by atoms with Crippen LogP contribution in [0, 0.1) is 0 Å². The number of benzene rings is 2. The second-order valence-electron chi connectivity index (χ2n) is 5.13. The van der Waals surface area contributed by atoms with Gasteiger partial charge in [-0.2, -0.15) is 5.10 Å². The fourth-order valence-electron chi connectivity index (χ4n) is 2.25. The van der Waals surface area contributed by atoms with Crippen molar-refractivity contribution in [3.63, 3.8) is 0 Å². The number of aromatic amines is 1. The van der Waals surface area contributed by atoms with E-state index in [0.29, 0.717) is 0 Å². The van der Waals surface area contributed by atoms with Gasteiger partial charge >= 0.3 is 6.36 Å². The van der Waals surface area contributed by atoms with Crippen molar-refractivity contribution in [2.75, 3.05) is 5.32 Å². The van der Waals surface area contributed by atoms with Crippen LogP contribution in [0.25, 0.3) is 10.8 Å². The maximum atomic E-state index is 12.3. The van der Waals surface area contributed by atoms with E-state index in [2.05, 4.69) is 20.3 Å². The zero-order chi connectivity index (χ0) is 18.9. The Labute approximate surface area is 148 Å². The molecule has 0 atom stereocenters. The Kier molecular flexibility index (Phi) is 4.56. The molecule has 0 radical (unpaired) electrons. The maximum Gasteiger partial charge on any atom is 0.573 e. The summed E-state index contributed by atoms with van der Waals surface area (Å²) >= 11 is 5.91. The number of fused-ring (bicyclic) bond motifs is 1. The van der Waals surface area contributed by atoms with Gasteiger partial charge in [0.25, 0.3) is 11.5 Å². The van der Waals surface area contributed by atoms with Gasteiger partial charge in [-0.25, -0.2) is 5.10 Å². The first kappa shape index (κ1) is 17.7. The summed E-state index contributed by atoms with van der Waals surface area (Å²) < 4.78 is 40.6. The molecule has 0 unspecified atom stereocenters. The van der Waals surface area contributed by atoms with Gasteiger partial charge in [-0.15, -0.1) is 13.2 Å². The fourth-order valence-corrected chi connectivity index (χ4v) is 2.45. The third-order valence-corrected chi connectivity index (χ3v) is 3.62. The number of nitrogens with zero attached hydrogens (tertiary/aromatic N) is 1. The minimum atomic E-state index is -4.84. The summed E-state index contributed by atoms with van der Waals surface area (Å²) in [5.41, 5.74) is -0.214. The lowest BCUT2D eigenvalue weighted by molar-refractivity contribution is -0.274. The smallest absolute Gasteiger partial charge is 0.406 e. The molecule has 0 aliphatic rings. The van der Waals surface area contributed by atoms with E-state index in [1.165, 1.54) is 30.3 Å². The van der Waals surface area contributed by atoms with E-state index in [4.69, 9.17) is 11.6 Å². The van der Waals surface area contributed by atoms with E-state index in [1.807, 2.05) is 0 Å². The molecule has 0 saturated heterocycles. The van der Waals surface area contributed by atoms with E-state index in [-0.39, 0.29) is 27.2 Å². The Morgan fingerprint density at radius 1 is 1.15 bits per heavy atom. The molecule has 1 heterocycles. The van der Waals surface area contributed by atoms with Crippen molar-refractivity contribution in [3.8, 4) is 5.75 Å². The summed E-state index contributed by atoms with van der Waals surface area (Å²) in [6.07, 6.45) is -4.84. The van der Waals surface area contributed by atoms with Crippen LogP contribution in [0.3, 0.4) is 0 Å². The summed E-state index contributed by atoms with van der Waals surface area (Å²) in [4.78, 5) is 24.0. The number of hydrogen-bond acceptors (Lipinski definition) is 4. The van der Waals surface area contributed by atoms with E-state index >= 15 is 0 Å². The summed E-state index contributed by atoms with van der Waals surface area (Å²) in [6.45, 7) is 0. The molecular weight excluding hydrogens is 375 g/mol. The van der Waals surface area contributed by atoms with Crippen molar-refractivity contribution in [1.82, 2.24) is 10.2 Å². The van der Waals surface area contributed by atoms with Gasteiger partial charge in [0, 0.05) is 22.7 Å². The van der Waals surface area contributed by atoms with Crippen LogP contribution >= 0.6 is 11.6 Å². The summed E-state index contributed by atoms with van der Waals surface area (Å²) in [5, 5.41) is 8.81. The predicted molar refractivity (Wildman–Crippen MR) is 88.5 cm³/mol. The second-order valence-corrected chi connectivity index (χ2v) is 5.49. The van der Waals surface area contributed by atoms with E-state index in [9.17, 15) is 22.8 Å².